The van der Waals surface area contributed by atoms with Gasteiger partial charge in [-0.05, 0) is 19.3 Å². The molecule has 2 fully saturated rings. The molecular weight excluding hydrogens is 340 g/mol. The van der Waals surface area contributed by atoms with Crippen LogP contribution >= 0.6 is 0 Å². The Morgan fingerprint density at radius 2 is 1.85 bits per heavy atom. The van der Waals surface area contributed by atoms with Crippen molar-refractivity contribution in [2.75, 3.05) is 31.1 Å². The second-order valence-electron chi connectivity index (χ2n) is 7.66. The van der Waals surface area contributed by atoms with Crippen molar-refractivity contribution < 1.29 is 4.79 Å². The summed E-state index contributed by atoms with van der Waals surface area (Å²) in [7, 11) is 0. The number of amides is 1. The summed E-state index contributed by atoms with van der Waals surface area (Å²) in [4.78, 5) is 30.0. The van der Waals surface area contributed by atoms with E-state index < -0.39 is 0 Å². The van der Waals surface area contributed by atoms with Crippen LogP contribution in [0.2, 0.25) is 0 Å². The lowest BCUT2D eigenvalue weighted by Gasteiger charge is -2.35. The molecule has 27 heavy (non-hydrogen) atoms. The number of hydrogen-bond acceptors (Lipinski definition) is 5. The number of carbonyl (C=O) groups is 1. The van der Waals surface area contributed by atoms with Gasteiger partial charge in [0.15, 0.2) is 0 Å². The molecule has 0 N–H and O–H groups in total. The number of carbonyl (C=O) groups excluding carboxylic acids is 1. The fourth-order valence-electron chi connectivity index (χ4n) is 4.20. The molecule has 144 valence electrons. The topological polar surface area (TPSA) is 67.2 Å². The summed E-state index contributed by atoms with van der Waals surface area (Å²) in [6, 6.07) is 1.99. The van der Waals surface area contributed by atoms with Gasteiger partial charge >= 0.3 is 0 Å². The van der Waals surface area contributed by atoms with Crippen molar-refractivity contribution in [3.8, 4) is 5.82 Å². The lowest BCUT2D eigenvalue weighted by molar-refractivity contribution is -0.131. The van der Waals surface area contributed by atoms with Gasteiger partial charge in [0, 0.05) is 51.1 Å². The lowest BCUT2D eigenvalue weighted by Crippen LogP contribution is -2.49. The van der Waals surface area contributed by atoms with E-state index in [1.54, 1.807) is 12.5 Å². The Hall–Kier alpha value is -2.44. The lowest BCUT2D eigenvalue weighted by atomic mass is 10.0. The van der Waals surface area contributed by atoms with Gasteiger partial charge in [-0.2, -0.15) is 0 Å². The average Bonchev–Trinajstić information content (AvgIpc) is 3.39. The van der Waals surface area contributed by atoms with Crippen LogP contribution < -0.4 is 4.90 Å². The zero-order chi connectivity index (χ0) is 18.6. The number of hydrogen-bond donors (Lipinski definition) is 0. The maximum absolute atomic E-state index is 12.5. The molecule has 1 saturated carbocycles. The molecule has 0 bridgehead atoms. The highest BCUT2D eigenvalue weighted by Gasteiger charge is 2.24. The molecule has 1 saturated heterocycles. The quantitative estimate of drug-likeness (QED) is 0.811. The number of nitrogens with zero attached hydrogens (tertiary/aromatic N) is 6. The van der Waals surface area contributed by atoms with Crippen molar-refractivity contribution in [2.45, 2.75) is 45.4 Å². The summed E-state index contributed by atoms with van der Waals surface area (Å²) < 4.78 is 1.89. The van der Waals surface area contributed by atoms with Crippen LogP contribution in [-0.2, 0) is 4.79 Å². The smallest absolute Gasteiger partial charge is 0.222 e. The molecule has 7 heteroatoms. The number of aryl methyl sites for hydroxylation is 1. The molecule has 7 nitrogen and oxygen atoms in total. The Morgan fingerprint density at radius 1 is 1.11 bits per heavy atom. The molecule has 3 heterocycles. The van der Waals surface area contributed by atoms with Crippen LogP contribution in [0, 0.1) is 12.8 Å². The van der Waals surface area contributed by atoms with Crippen LogP contribution in [0.15, 0.2) is 24.8 Å². The zero-order valence-corrected chi connectivity index (χ0v) is 16.0. The fourth-order valence-corrected chi connectivity index (χ4v) is 4.20. The van der Waals surface area contributed by atoms with Gasteiger partial charge in [0.25, 0.3) is 0 Å². The van der Waals surface area contributed by atoms with Crippen molar-refractivity contribution in [1.29, 1.82) is 0 Å². The molecule has 0 atom stereocenters. The Morgan fingerprint density at radius 3 is 2.56 bits per heavy atom. The van der Waals surface area contributed by atoms with Crippen molar-refractivity contribution in [1.82, 2.24) is 24.4 Å². The maximum Gasteiger partial charge on any atom is 0.222 e. The van der Waals surface area contributed by atoms with Crippen LogP contribution in [0.3, 0.4) is 0 Å². The van der Waals surface area contributed by atoms with Crippen LogP contribution in [0.25, 0.3) is 5.82 Å². The first kappa shape index (κ1) is 17.9. The number of imidazole rings is 1. The molecule has 2 aromatic rings. The SMILES string of the molecule is Cc1nc(N2CCN(C(=O)CCC3CCCC3)CC2)cc(-n2ccnc2)n1. The van der Waals surface area contributed by atoms with Crippen LogP contribution in [0.1, 0.15) is 44.3 Å². The predicted molar refractivity (Wildman–Crippen MR) is 104 cm³/mol. The number of aromatic nitrogens is 4. The van der Waals surface area contributed by atoms with Gasteiger partial charge in [-0.15, -0.1) is 0 Å². The van der Waals surface area contributed by atoms with Crippen LogP contribution in [0.5, 0.6) is 0 Å². The number of rotatable bonds is 5. The molecule has 4 rings (SSSR count). The summed E-state index contributed by atoms with van der Waals surface area (Å²) in [5.41, 5.74) is 0. The third-order valence-corrected chi connectivity index (χ3v) is 5.78. The van der Waals surface area contributed by atoms with Crippen molar-refractivity contribution in [2.24, 2.45) is 5.92 Å². The van der Waals surface area contributed by atoms with E-state index in [4.69, 9.17) is 0 Å². The summed E-state index contributed by atoms with van der Waals surface area (Å²) in [5, 5.41) is 0. The Labute approximate surface area is 160 Å². The van der Waals surface area contributed by atoms with E-state index in [9.17, 15) is 4.79 Å². The molecule has 0 radical (unpaired) electrons. The number of piperazine rings is 1. The van der Waals surface area contributed by atoms with E-state index >= 15 is 0 Å². The maximum atomic E-state index is 12.5. The van der Waals surface area contributed by atoms with Crippen LogP contribution in [0.4, 0.5) is 5.82 Å². The second-order valence-corrected chi connectivity index (χ2v) is 7.66. The van der Waals surface area contributed by atoms with Gasteiger partial charge in [0.2, 0.25) is 5.91 Å². The highest BCUT2D eigenvalue weighted by molar-refractivity contribution is 5.76. The van der Waals surface area contributed by atoms with Crippen LogP contribution in [-0.4, -0.2) is 56.5 Å². The molecule has 1 aliphatic heterocycles. The predicted octanol–water partition coefficient (Wildman–Crippen LogP) is 2.59. The van der Waals surface area contributed by atoms with Crippen molar-refractivity contribution >= 4 is 11.7 Å². The highest BCUT2D eigenvalue weighted by Crippen LogP contribution is 2.28. The molecule has 2 aliphatic rings. The summed E-state index contributed by atoms with van der Waals surface area (Å²) >= 11 is 0. The van der Waals surface area contributed by atoms with Gasteiger partial charge in [-0.1, -0.05) is 25.7 Å². The van der Waals surface area contributed by atoms with E-state index in [0.29, 0.717) is 12.3 Å². The van der Waals surface area contributed by atoms with Gasteiger partial charge in [0.05, 0.1) is 0 Å². The molecule has 2 aromatic heterocycles. The standard InChI is InChI=1S/C20H28N6O/c1-16-22-18(14-19(23-16)26-9-8-21-15-26)24-10-12-25(13-11-24)20(27)7-6-17-4-2-3-5-17/h8-9,14-15,17H,2-7,10-13H2,1H3. The molecule has 0 spiro atoms. The average molecular weight is 368 g/mol. The van der Waals surface area contributed by atoms with E-state index in [1.165, 1.54) is 25.7 Å². The van der Waals surface area contributed by atoms with E-state index in [0.717, 1.165) is 56.0 Å². The van der Waals surface area contributed by atoms with E-state index in [-0.39, 0.29) is 0 Å². The van der Waals surface area contributed by atoms with Gasteiger partial charge in [-0.25, -0.2) is 15.0 Å². The van der Waals surface area contributed by atoms with Crippen molar-refractivity contribution in [3.05, 3.63) is 30.6 Å². The summed E-state index contributed by atoms with van der Waals surface area (Å²) in [5.74, 6) is 3.58. The first-order valence-electron chi connectivity index (χ1n) is 10.1. The molecule has 1 aliphatic carbocycles. The van der Waals surface area contributed by atoms with Gasteiger partial charge < -0.3 is 9.80 Å². The third kappa shape index (κ3) is 4.28. The Bertz CT molecular complexity index is 761. The van der Waals surface area contributed by atoms with Gasteiger partial charge in [-0.3, -0.25) is 9.36 Å². The molecule has 1 amide bonds. The van der Waals surface area contributed by atoms with E-state index in [2.05, 4.69) is 19.9 Å². The first-order chi connectivity index (χ1) is 13.2. The monoisotopic (exact) mass is 368 g/mol. The number of anilines is 1. The Kier molecular flexibility index (Phi) is 5.36. The highest BCUT2D eigenvalue weighted by atomic mass is 16.2. The van der Waals surface area contributed by atoms with Crippen molar-refractivity contribution in [3.63, 3.8) is 0 Å². The minimum atomic E-state index is 0.319. The normalized spacial score (nSPS) is 18.3. The minimum absolute atomic E-state index is 0.319. The summed E-state index contributed by atoms with van der Waals surface area (Å²) in [6.07, 6.45) is 12.5. The van der Waals surface area contributed by atoms with Gasteiger partial charge in [0.1, 0.15) is 23.8 Å². The Balaban J connectivity index is 1.34. The molecular formula is C20H28N6O. The first-order valence-corrected chi connectivity index (χ1v) is 10.1. The summed E-state index contributed by atoms with van der Waals surface area (Å²) in [6.45, 7) is 5.08. The molecule has 0 unspecified atom stereocenters. The zero-order valence-electron chi connectivity index (χ0n) is 16.0. The van der Waals surface area contributed by atoms with E-state index in [1.807, 2.05) is 28.7 Å². The second kappa shape index (κ2) is 8.06. The fraction of sp³-hybridized carbons (Fsp3) is 0.600. The largest absolute Gasteiger partial charge is 0.353 e. The molecule has 0 aromatic carbocycles. The minimum Gasteiger partial charge on any atom is -0.353 e. The third-order valence-electron chi connectivity index (χ3n) is 5.78.